The van der Waals surface area contributed by atoms with Crippen LogP contribution in [0.4, 0.5) is 0 Å². The third-order valence-corrected chi connectivity index (χ3v) is 3.36. The van der Waals surface area contributed by atoms with Gasteiger partial charge in [-0.05, 0) is 25.3 Å². The highest BCUT2D eigenvalue weighted by Gasteiger charge is 2.30. The smallest absolute Gasteiger partial charge is 0.225 e. The van der Waals surface area contributed by atoms with Gasteiger partial charge in [0.05, 0.1) is 18.6 Å². The molecule has 2 heterocycles. The number of carbonyl (C=O) groups excluding carboxylic acids is 1. The lowest BCUT2D eigenvalue weighted by Gasteiger charge is -2.25. The summed E-state index contributed by atoms with van der Waals surface area (Å²) in [4.78, 5) is 11.9. The number of rotatable bonds is 2. The Labute approximate surface area is 90.8 Å². The van der Waals surface area contributed by atoms with Gasteiger partial charge in [-0.25, -0.2) is 0 Å². The van der Waals surface area contributed by atoms with Crippen LogP contribution in [0.15, 0.2) is 0 Å². The summed E-state index contributed by atoms with van der Waals surface area (Å²) >= 11 is 0. The molecule has 2 rings (SSSR count). The quantitative estimate of drug-likeness (QED) is 0.684. The van der Waals surface area contributed by atoms with Gasteiger partial charge in [0.25, 0.3) is 0 Å². The maximum absolute atomic E-state index is 11.9. The Morgan fingerprint density at radius 2 is 2.33 bits per heavy atom. The van der Waals surface area contributed by atoms with E-state index in [1.165, 1.54) is 0 Å². The first-order chi connectivity index (χ1) is 7.27. The molecule has 0 saturated carbocycles. The summed E-state index contributed by atoms with van der Waals surface area (Å²) in [6.07, 6.45) is 2.11. The Balaban J connectivity index is 1.80. The van der Waals surface area contributed by atoms with Crippen LogP contribution in [0.25, 0.3) is 0 Å². The number of hydrogen-bond donors (Lipinski definition) is 2. The molecule has 2 aliphatic rings. The third kappa shape index (κ3) is 2.69. The minimum absolute atomic E-state index is 0.145. The lowest BCUT2D eigenvalue weighted by Crippen LogP contribution is -2.44. The predicted octanol–water partition coefficient (Wildman–Crippen LogP) is 0.137. The van der Waals surface area contributed by atoms with Crippen molar-refractivity contribution in [2.45, 2.75) is 25.8 Å². The Kier molecular flexibility index (Phi) is 3.59. The van der Waals surface area contributed by atoms with Crippen LogP contribution in [0.2, 0.25) is 0 Å². The van der Waals surface area contributed by atoms with E-state index in [4.69, 9.17) is 4.74 Å². The Morgan fingerprint density at radius 3 is 2.93 bits per heavy atom. The monoisotopic (exact) mass is 212 g/mol. The third-order valence-electron chi connectivity index (χ3n) is 3.36. The predicted molar refractivity (Wildman–Crippen MR) is 57.5 cm³/mol. The van der Waals surface area contributed by atoms with Crippen molar-refractivity contribution in [2.75, 3.05) is 26.3 Å². The maximum Gasteiger partial charge on any atom is 0.225 e. The zero-order valence-corrected chi connectivity index (χ0v) is 9.29. The van der Waals surface area contributed by atoms with Crippen LogP contribution >= 0.6 is 0 Å². The van der Waals surface area contributed by atoms with E-state index >= 15 is 0 Å². The van der Waals surface area contributed by atoms with Gasteiger partial charge in [-0.2, -0.15) is 0 Å². The molecule has 2 aliphatic heterocycles. The minimum Gasteiger partial charge on any atom is -0.379 e. The fraction of sp³-hybridized carbons (Fsp3) is 0.909. The standard InChI is InChI=1S/C11H20N2O2/c1-8-5-12-6-10(8)11(14)13-9-3-2-4-15-7-9/h8-10,12H,2-7H2,1H3,(H,13,14)/t8-,9?,10-/m1/s1. The molecule has 0 bridgehead atoms. The topological polar surface area (TPSA) is 50.4 Å². The van der Waals surface area contributed by atoms with Crippen LogP contribution in [0, 0.1) is 11.8 Å². The molecule has 86 valence electrons. The van der Waals surface area contributed by atoms with Gasteiger partial charge < -0.3 is 15.4 Å². The molecule has 2 N–H and O–H groups in total. The highest BCUT2D eigenvalue weighted by Crippen LogP contribution is 2.16. The van der Waals surface area contributed by atoms with Crippen LogP contribution in [-0.4, -0.2) is 38.3 Å². The zero-order chi connectivity index (χ0) is 10.7. The van der Waals surface area contributed by atoms with Gasteiger partial charge in [0, 0.05) is 13.2 Å². The molecule has 2 saturated heterocycles. The summed E-state index contributed by atoms with van der Waals surface area (Å²) in [6.45, 7) is 5.43. The van der Waals surface area contributed by atoms with Crippen LogP contribution in [0.3, 0.4) is 0 Å². The molecule has 4 heteroatoms. The second kappa shape index (κ2) is 4.94. The fourth-order valence-corrected chi connectivity index (χ4v) is 2.32. The van der Waals surface area contributed by atoms with Crippen molar-refractivity contribution in [1.29, 1.82) is 0 Å². The highest BCUT2D eigenvalue weighted by molar-refractivity contribution is 5.79. The molecule has 1 amide bonds. The van der Waals surface area contributed by atoms with Gasteiger partial charge in [-0.3, -0.25) is 4.79 Å². The first kappa shape index (κ1) is 10.9. The van der Waals surface area contributed by atoms with Crippen LogP contribution in [-0.2, 0) is 9.53 Å². The van der Waals surface area contributed by atoms with Gasteiger partial charge in [0.1, 0.15) is 0 Å². The van der Waals surface area contributed by atoms with E-state index in [9.17, 15) is 4.79 Å². The molecule has 0 aromatic carbocycles. The van der Waals surface area contributed by atoms with Crippen molar-refractivity contribution in [1.82, 2.24) is 10.6 Å². The van der Waals surface area contributed by atoms with Gasteiger partial charge in [0.15, 0.2) is 0 Å². The van der Waals surface area contributed by atoms with Crippen LogP contribution in [0.5, 0.6) is 0 Å². The summed E-state index contributed by atoms with van der Waals surface area (Å²) < 4.78 is 5.34. The maximum atomic E-state index is 11.9. The highest BCUT2D eigenvalue weighted by atomic mass is 16.5. The molecule has 0 spiro atoms. The first-order valence-electron chi connectivity index (χ1n) is 5.86. The fourth-order valence-electron chi connectivity index (χ4n) is 2.32. The van der Waals surface area contributed by atoms with E-state index in [1.54, 1.807) is 0 Å². The normalized spacial score (nSPS) is 36.5. The van der Waals surface area contributed by atoms with E-state index in [0.717, 1.165) is 32.5 Å². The molecule has 15 heavy (non-hydrogen) atoms. The number of carbonyl (C=O) groups is 1. The van der Waals surface area contributed by atoms with E-state index < -0.39 is 0 Å². The van der Waals surface area contributed by atoms with E-state index in [0.29, 0.717) is 12.5 Å². The molecule has 2 fully saturated rings. The second-order valence-corrected chi connectivity index (χ2v) is 4.66. The van der Waals surface area contributed by atoms with Gasteiger partial charge in [0.2, 0.25) is 5.91 Å². The Morgan fingerprint density at radius 1 is 1.47 bits per heavy atom. The van der Waals surface area contributed by atoms with Crippen LogP contribution < -0.4 is 10.6 Å². The molecular formula is C11H20N2O2. The summed E-state index contributed by atoms with van der Waals surface area (Å²) in [5, 5.41) is 6.34. The number of amides is 1. The van der Waals surface area contributed by atoms with Crippen molar-refractivity contribution in [2.24, 2.45) is 11.8 Å². The van der Waals surface area contributed by atoms with Crippen molar-refractivity contribution in [3.05, 3.63) is 0 Å². The largest absolute Gasteiger partial charge is 0.379 e. The van der Waals surface area contributed by atoms with E-state index in [1.807, 2.05) is 0 Å². The zero-order valence-electron chi connectivity index (χ0n) is 9.29. The molecular weight excluding hydrogens is 192 g/mol. The summed E-state index contributed by atoms with van der Waals surface area (Å²) in [5.74, 6) is 0.796. The number of hydrogen-bond acceptors (Lipinski definition) is 3. The lowest BCUT2D eigenvalue weighted by atomic mass is 9.96. The second-order valence-electron chi connectivity index (χ2n) is 4.66. The lowest BCUT2D eigenvalue weighted by molar-refractivity contribution is -0.127. The average Bonchev–Trinajstić information content (AvgIpc) is 2.66. The van der Waals surface area contributed by atoms with Crippen molar-refractivity contribution in [3.8, 4) is 0 Å². The van der Waals surface area contributed by atoms with E-state index in [2.05, 4.69) is 17.6 Å². The minimum atomic E-state index is 0.145. The number of nitrogens with one attached hydrogen (secondary N) is 2. The number of ether oxygens (including phenoxy) is 1. The Bertz CT molecular complexity index is 227. The first-order valence-corrected chi connectivity index (χ1v) is 5.86. The Hall–Kier alpha value is -0.610. The van der Waals surface area contributed by atoms with Crippen LogP contribution in [0.1, 0.15) is 19.8 Å². The SMILES string of the molecule is C[C@@H]1CNC[C@H]1C(=O)NC1CCCOC1. The molecule has 3 atom stereocenters. The summed E-state index contributed by atoms with van der Waals surface area (Å²) in [5.41, 5.74) is 0. The van der Waals surface area contributed by atoms with Gasteiger partial charge in [-0.15, -0.1) is 0 Å². The van der Waals surface area contributed by atoms with Gasteiger partial charge in [-0.1, -0.05) is 6.92 Å². The van der Waals surface area contributed by atoms with Crippen molar-refractivity contribution in [3.63, 3.8) is 0 Å². The van der Waals surface area contributed by atoms with Gasteiger partial charge >= 0.3 is 0 Å². The summed E-state index contributed by atoms with van der Waals surface area (Å²) in [7, 11) is 0. The average molecular weight is 212 g/mol. The molecule has 0 radical (unpaired) electrons. The molecule has 0 aromatic rings. The van der Waals surface area contributed by atoms with Crippen molar-refractivity contribution >= 4 is 5.91 Å². The molecule has 1 unspecified atom stereocenters. The molecule has 0 aliphatic carbocycles. The van der Waals surface area contributed by atoms with Crippen molar-refractivity contribution < 1.29 is 9.53 Å². The molecule has 0 aromatic heterocycles. The molecule has 4 nitrogen and oxygen atoms in total. The van der Waals surface area contributed by atoms with E-state index in [-0.39, 0.29) is 17.9 Å². The summed E-state index contributed by atoms with van der Waals surface area (Å²) in [6, 6.07) is 0.235.